The molecule has 7 nitrogen and oxygen atoms in total. The van der Waals surface area contributed by atoms with Crippen molar-refractivity contribution in [2.24, 2.45) is 0 Å². The average molecular weight is 494 g/mol. The molecule has 0 aliphatic carbocycles. The smallest absolute Gasteiger partial charge is 0.343 e. The van der Waals surface area contributed by atoms with Gasteiger partial charge in [-0.3, -0.25) is 0 Å². The third-order valence-corrected chi connectivity index (χ3v) is 5.37. The summed E-state index contributed by atoms with van der Waals surface area (Å²) in [5.41, 5.74) is 2.09. The summed E-state index contributed by atoms with van der Waals surface area (Å²) in [4.78, 5) is 35.6. The first-order chi connectivity index (χ1) is 17.9. The van der Waals surface area contributed by atoms with Crippen molar-refractivity contribution in [2.75, 3.05) is 7.11 Å². The fourth-order valence-electron chi connectivity index (χ4n) is 3.54. The molecule has 7 heteroatoms. The van der Waals surface area contributed by atoms with E-state index in [4.69, 9.17) is 18.9 Å². The molecule has 0 saturated carbocycles. The third-order valence-electron chi connectivity index (χ3n) is 5.37. The molecule has 37 heavy (non-hydrogen) atoms. The average Bonchev–Trinajstić information content (AvgIpc) is 2.93. The molecule has 0 spiro atoms. The topological polar surface area (TPSA) is 88.1 Å². The van der Waals surface area contributed by atoms with Crippen molar-refractivity contribution in [2.45, 2.75) is 0 Å². The van der Waals surface area contributed by atoms with E-state index < -0.39 is 17.9 Å². The highest BCUT2D eigenvalue weighted by atomic mass is 16.6. The van der Waals surface area contributed by atoms with E-state index in [0.717, 1.165) is 34.1 Å². The van der Waals surface area contributed by atoms with Gasteiger partial charge in [0.05, 0.1) is 12.7 Å². The summed E-state index contributed by atoms with van der Waals surface area (Å²) in [6.45, 7) is 6.76. The number of hydrogen-bond acceptors (Lipinski definition) is 7. The van der Waals surface area contributed by atoms with Gasteiger partial charge in [0.2, 0.25) is 0 Å². The standard InChI is InChI=1S/C30H22O7/c1-4-28(31)35-24-11-13-25(14-12-24)36-30(33)23-9-8-19-16-20(6-7-21(19)17-23)22-10-15-26(34-3)27(18-22)37-29(32)5-2/h4-18H,1-2H2,3H3. The van der Waals surface area contributed by atoms with Gasteiger partial charge in [-0.1, -0.05) is 37.4 Å². The second-order valence-electron chi connectivity index (χ2n) is 7.75. The summed E-state index contributed by atoms with van der Waals surface area (Å²) in [6, 6.07) is 22.4. The highest BCUT2D eigenvalue weighted by Gasteiger charge is 2.13. The van der Waals surface area contributed by atoms with E-state index in [1.165, 1.54) is 31.4 Å². The lowest BCUT2D eigenvalue weighted by Gasteiger charge is -2.11. The molecular formula is C30H22O7. The molecule has 0 fully saturated rings. The Kier molecular flexibility index (Phi) is 7.45. The molecule has 0 radical (unpaired) electrons. The van der Waals surface area contributed by atoms with E-state index in [2.05, 4.69) is 13.2 Å². The van der Waals surface area contributed by atoms with Gasteiger partial charge in [-0.2, -0.15) is 0 Å². The molecule has 4 rings (SSSR count). The van der Waals surface area contributed by atoms with Gasteiger partial charge in [-0.15, -0.1) is 0 Å². The Morgan fingerprint density at radius 3 is 1.86 bits per heavy atom. The van der Waals surface area contributed by atoms with Gasteiger partial charge in [-0.25, -0.2) is 14.4 Å². The van der Waals surface area contributed by atoms with Gasteiger partial charge in [-0.05, 0) is 76.5 Å². The predicted octanol–water partition coefficient (Wildman–Crippen LogP) is 5.92. The van der Waals surface area contributed by atoms with Gasteiger partial charge in [0, 0.05) is 12.2 Å². The van der Waals surface area contributed by atoms with Crippen LogP contribution in [0, 0.1) is 0 Å². The molecule has 0 N–H and O–H groups in total. The predicted molar refractivity (Wildman–Crippen MR) is 139 cm³/mol. The number of carbonyl (C=O) groups is 3. The van der Waals surface area contributed by atoms with Crippen LogP contribution in [0.1, 0.15) is 10.4 Å². The molecule has 0 amide bonds. The normalized spacial score (nSPS) is 10.3. The summed E-state index contributed by atoms with van der Waals surface area (Å²) in [6.07, 6.45) is 2.15. The lowest BCUT2D eigenvalue weighted by molar-refractivity contribution is -0.129. The molecule has 4 aromatic rings. The molecular weight excluding hydrogens is 472 g/mol. The maximum Gasteiger partial charge on any atom is 0.343 e. The van der Waals surface area contributed by atoms with Gasteiger partial charge >= 0.3 is 17.9 Å². The van der Waals surface area contributed by atoms with E-state index in [1.807, 2.05) is 30.3 Å². The molecule has 0 bridgehead atoms. The van der Waals surface area contributed by atoms with Crippen LogP contribution in [0.25, 0.3) is 21.9 Å². The minimum absolute atomic E-state index is 0.287. The SMILES string of the molecule is C=CC(=O)Oc1ccc(OC(=O)c2ccc3cc(-c4ccc(OC)c(OC(=O)C=C)c4)ccc3c2)cc1. The van der Waals surface area contributed by atoms with Gasteiger partial charge in [0.25, 0.3) is 0 Å². The van der Waals surface area contributed by atoms with Crippen LogP contribution in [-0.2, 0) is 9.59 Å². The fourth-order valence-corrected chi connectivity index (χ4v) is 3.54. The Bertz CT molecular complexity index is 1520. The van der Waals surface area contributed by atoms with Crippen LogP contribution in [-0.4, -0.2) is 25.0 Å². The fraction of sp³-hybridized carbons (Fsp3) is 0.0333. The molecule has 0 aliphatic rings. The number of carbonyl (C=O) groups excluding carboxylic acids is 3. The lowest BCUT2D eigenvalue weighted by Crippen LogP contribution is -2.08. The van der Waals surface area contributed by atoms with Gasteiger partial charge in [0.1, 0.15) is 11.5 Å². The highest BCUT2D eigenvalue weighted by molar-refractivity contribution is 5.97. The van der Waals surface area contributed by atoms with E-state index >= 15 is 0 Å². The van der Waals surface area contributed by atoms with Crippen LogP contribution < -0.4 is 18.9 Å². The Morgan fingerprint density at radius 2 is 1.19 bits per heavy atom. The van der Waals surface area contributed by atoms with Crippen LogP contribution in [0.2, 0.25) is 0 Å². The summed E-state index contributed by atoms with van der Waals surface area (Å²) >= 11 is 0. The van der Waals surface area contributed by atoms with E-state index in [1.54, 1.807) is 24.3 Å². The first-order valence-corrected chi connectivity index (χ1v) is 11.1. The van der Waals surface area contributed by atoms with Crippen molar-refractivity contribution >= 4 is 28.7 Å². The maximum absolute atomic E-state index is 12.7. The first-order valence-electron chi connectivity index (χ1n) is 11.1. The minimum atomic E-state index is -0.583. The monoisotopic (exact) mass is 494 g/mol. The van der Waals surface area contributed by atoms with Crippen molar-refractivity contribution in [1.82, 2.24) is 0 Å². The van der Waals surface area contributed by atoms with Crippen molar-refractivity contribution in [3.63, 3.8) is 0 Å². The second-order valence-corrected chi connectivity index (χ2v) is 7.75. The summed E-state index contributed by atoms with van der Waals surface area (Å²) in [5.74, 6) is -0.343. The number of rotatable bonds is 8. The quantitative estimate of drug-likeness (QED) is 0.171. The Hall–Kier alpha value is -5.17. The first kappa shape index (κ1) is 24.9. The molecule has 0 atom stereocenters. The Morgan fingerprint density at radius 1 is 0.622 bits per heavy atom. The molecule has 0 unspecified atom stereocenters. The summed E-state index contributed by atoms with van der Waals surface area (Å²) in [7, 11) is 1.49. The van der Waals surface area contributed by atoms with Crippen LogP contribution in [0.3, 0.4) is 0 Å². The van der Waals surface area contributed by atoms with E-state index in [-0.39, 0.29) is 5.75 Å². The van der Waals surface area contributed by atoms with Crippen molar-refractivity contribution in [1.29, 1.82) is 0 Å². The largest absolute Gasteiger partial charge is 0.493 e. The Labute approximate surface area is 213 Å². The zero-order chi connectivity index (χ0) is 26.4. The number of benzene rings is 4. The third kappa shape index (κ3) is 5.91. The molecule has 0 saturated heterocycles. The number of methoxy groups -OCH3 is 1. The molecule has 0 heterocycles. The van der Waals surface area contributed by atoms with Crippen LogP contribution in [0.15, 0.2) is 104 Å². The number of ether oxygens (including phenoxy) is 4. The van der Waals surface area contributed by atoms with Crippen molar-refractivity contribution < 1.29 is 33.3 Å². The number of esters is 3. The van der Waals surface area contributed by atoms with Gasteiger partial charge in [0.15, 0.2) is 11.5 Å². The zero-order valence-electron chi connectivity index (χ0n) is 19.9. The van der Waals surface area contributed by atoms with E-state index in [0.29, 0.717) is 22.8 Å². The number of fused-ring (bicyclic) bond motifs is 1. The Balaban J connectivity index is 1.53. The molecule has 4 aromatic carbocycles. The highest BCUT2D eigenvalue weighted by Crippen LogP contribution is 2.34. The van der Waals surface area contributed by atoms with Crippen molar-refractivity contribution in [3.8, 4) is 34.1 Å². The van der Waals surface area contributed by atoms with Crippen molar-refractivity contribution in [3.05, 3.63) is 110 Å². The molecule has 0 aromatic heterocycles. The lowest BCUT2D eigenvalue weighted by atomic mass is 9.99. The second kappa shape index (κ2) is 11.0. The maximum atomic E-state index is 12.7. The van der Waals surface area contributed by atoms with Crippen LogP contribution in [0.5, 0.6) is 23.0 Å². The van der Waals surface area contributed by atoms with Crippen LogP contribution in [0.4, 0.5) is 0 Å². The summed E-state index contributed by atoms with van der Waals surface area (Å²) < 4.78 is 21.0. The summed E-state index contributed by atoms with van der Waals surface area (Å²) in [5, 5.41) is 1.75. The van der Waals surface area contributed by atoms with E-state index in [9.17, 15) is 14.4 Å². The molecule has 184 valence electrons. The minimum Gasteiger partial charge on any atom is -0.493 e. The molecule has 0 aliphatic heterocycles. The van der Waals surface area contributed by atoms with Crippen LogP contribution >= 0.6 is 0 Å². The zero-order valence-corrected chi connectivity index (χ0v) is 19.9. The van der Waals surface area contributed by atoms with Gasteiger partial charge < -0.3 is 18.9 Å². The number of hydrogen-bond donors (Lipinski definition) is 0.